The fraction of sp³-hybridized carbons (Fsp3) is 0.947. The summed E-state index contributed by atoms with van der Waals surface area (Å²) in [5.41, 5.74) is 0. The van der Waals surface area contributed by atoms with E-state index in [1.807, 2.05) is 0 Å². The average Bonchev–Trinajstić information content (AvgIpc) is 3.22. The van der Waals surface area contributed by atoms with Crippen LogP contribution in [0.15, 0.2) is 0 Å². The van der Waals surface area contributed by atoms with Gasteiger partial charge in [0.15, 0.2) is 23.6 Å². The Morgan fingerprint density at radius 3 is 1.32 bits per heavy atom. The van der Waals surface area contributed by atoms with Crippen LogP contribution in [0.3, 0.4) is 0 Å². The SMILES string of the molecule is C.CC1(C)OC[C@H](C=O)O1.CC1(C)OC[C@H]([C@@H](O)[C@H](O)[C@H]2COC(C)(C)O2)O1. The van der Waals surface area contributed by atoms with Crippen LogP contribution in [0.25, 0.3) is 0 Å². The first-order valence-corrected chi connectivity index (χ1v) is 9.11. The Balaban J connectivity index is 0.000000332. The lowest BCUT2D eigenvalue weighted by atomic mass is 10.0. The fourth-order valence-electron chi connectivity index (χ4n) is 2.99. The van der Waals surface area contributed by atoms with Crippen LogP contribution in [0, 0.1) is 0 Å². The Bertz CT molecular complexity index is 476. The van der Waals surface area contributed by atoms with E-state index < -0.39 is 41.8 Å². The number of aliphatic hydroxyl groups excluding tert-OH is 2. The van der Waals surface area contributed by atoms with Crippen molar-refractivity contribution in [3.8, 4) is 0 Å². The van der Waals surface area contributed by atoms with Gasteiger partial charge < -0.3 is 43.4 Å². The van der Waals surface area contributed by atoms with E-state index in [1.165, 1.54) is 0 Å². The molecule has 0 spiro atoms. The average molecular weight is 408 g/mol. The highest BCUT2D eigenvalue weighted by atomic mass is 16.8. The molecule has 3 fully saturated rings. The molecule has 2 N–H and O–H groups in total. The Morgan fingerprint density at radius 1 is 0.750 bits per heavy atom. The maximum Gasteiger partial charge on any atom is 0.163 e. The maximum atomic E-state index is 10.1. The lowest BCUT2D eigenvalue weighted by Crippen LogP contribution is -2.47. The van der Waals surface area contributed by atoms with E-state index in [9.17, 15) is 15.0 Å². The molecule has 0 aliphatic carbocycles. The van der Waals surface area contributed by atoms with Gasteiger partial charge >= 0.3 is 0 Å². The molecule has 9 heteroatoms. The number of hydrogen-bond acceptors (Lipinski definition) is 9. The van der Waals surface area contributed by atoms with Crippen LogP contribution in [0.4, 0.5) is 0 Å². The molecule has 3 aliphatic heterocycles. The highest BCUT2D eigenvalue weighted by molar-refractivity contribution is 5.56. The zero-order valence-corrected chi connectivity index (χ0v) is 16.8. The second kappa shape index (κ2) is 9.44. The first-order valence-electron chi connectivity index (χ1n) is 9.11. The van der Waals surface area contributed by atoms with E-state index in [1.54, 1.807) is 41.5 Å². The predicted octanol–water partition coefficient (Wildman–Crippen LogP) is 0.984. The highest BCUT2D eigenvalue weighted by Crippen LogP contribution is 2.29. The van der Waals surface area contributed by atoms with Crippen molar-refractivity contribution in [1.82, 2.24) is 0 Å². The summed E-state index contributed by atoms with van der Waals surface area (Å²) in [6, 6.07) is 0. The minimum absolute atomic E-state index is 0. The van der Waals surface area contributed by atoms with E-state index >= 15 is 0 Å². The normalized spacial score (nSPS) is 34.6. The Kier molecular flexibility index (Phi) is 8.56. The van der Waals surface area contributed by atoms with E-state index in [-0.39, 0.29) is 26.7 Å². The fourth-order valence-corrected chi connectivity index (χ4v) is 2.99. The van der Waals surface area contributed by atoms with Gasteiger partial charge in [-0.05, 0) is 41.5 Å². The van der Waals surface area contributed by atoms with Gasteiger partial charge in [0, 0.05) is 0 Å². The third-order valence-corrected chi connectivity index (χ3v) is 4.35. The zero-order chi connectivity index (χ0) is 20.5. The quantitative estimate of drug-likeness (QED) is 0.657. The standard InChI is InChI=1S/C12H22O6.C6H10O3.CH4/c1-11(2)15-5-7(17-11)9(13)10(14)8-6-16-12(3,4)18-8;1-6(2)8-4-5(3-7)9-6;/h7-10,13-14H,5-6H2,1-4H3;3,5H,4H2,1-2H3;1H4/t7-,8-,9-,10-;5-;/m10./s1. The van der Waals surface area contributed by atoms with E-state index in [4.69, 9.17) is 28.4 Å². The molecule has 3 rings (SSSR count). The summed E-state index contributed by atoms with van der Waals surface area (Å²) in [5, 5.41) is 20.2. The van der Waals surface area contributed by atoms with Gasteiger partial charge in [-0.15, -0.1) is 0 Å². The van der Waals surface area contributed by atoms with Gasteiger partial charge in [-0.1, -0.05) is 7.43 Å². The van der Waals surface area contributed by atoms with Gasteiger partial charge in [0.25, 0.3) is 0 Å². The molecule has 28 heavy (non-hydrogen) atoms. The first-order chi connectivity index (χ1) is 12.3. The molecule has 0 radical (unpaired) electrons. The largest absolute Gasteiger partial charge is 0.387 e. The van der Waals surface area contributed by atoms with Crippen molar-refractivity contribution in [2.75, 3.05) is 19.8 Å². The van der Waals surface area contributed by atoms with Gasteiger partial charge in [0.05, 0.1) is 19.8 Å². The lowest BCUT2D eigenvalue weighted by Gasteiger charge is -2.27. The van der Waals surface area contributed by atoms with Crippen molar-refractivity contribution in [1.29, 1.82) is 0 Å². The summed E-state index contributed by atoms with van der Waals surface area (Å²) in [6.07, 6.45) is -2.83. The first kappa shape index (κ1) is 25.4. The molecule has 0 bridgehead atoms. The molecule has 166 valence electrons. The monoisotopic (exact) mass is 408 g/mol. The van der Waals surface area contributed by atoms with Crippen LogP contribution >= 0.6 is 0 Å². The van der Waals surface area contributed by atoms with Crippen molar-refractivity contribution in [3.63, 3.8) is 0 Å². The Morgan fingerprint density at radius 2 is 1.11 bits per heavy atom. The minimum atomic E-state index is -1.06. The molecule has 0 amide bonds. The summed E-state index contributed by atoms with van der Waals surface area (Å²) in [7, 11) is 0. The van der Waals surface area contributed by atoms with Crippen molar-refractivity contribution < 1.29 is 43.4 Å². The van der Waals surface area contributed by atoms with Crippen LogP contribution in [0.1, 0.15) is 49.0 Å². The second-order valence-corrected chi connectivity index (χ2v) is 8.22. The van der Waals surface area contributed by atoms with Crippen molar-refractivity contribution in [3.05, 3.63) is 0 Å². The number of carbonyl (C=O) groups excluding carboxylic acids is 1. The molecule has 0 aromatic carbocycles. The van der Waals surface area contributed by atoms with Crippen molar-refractivity contribution in [2.24, 2.45) is 0 Å². The molecule has 9 nitrogen and oxygen atoms in total. The van der Waals surface area contributed by atoms with Crippen molar-refractivity contribution >= 4 is 6.29 Å². The smallest absolute Gasteiger partial charge is 0.163 e. The van der Waals surface area contributed by atoms with Crippen LogP contribution < -0.4 is 0 Å². The van der Waals surface area contributed by atoms with E-state index in [2.05, 4.69) is 0 Å². The number of rotatable bonds is 4. The van der Waals surface area contributed by atoms with Crippen molar-refractivity contribution in [2.45, 2.75) is 96.9 Å². The van der Waals surface area contributed by atoms with Gasteiger partial charge in [0.1, 0.15) is 30.5 Å². The molecule has 0 unspecified atom stereocenters. The summed E-state index contributed by atoms with van der Waals surface area (Å²) < 4.78 is 32.0. The lowest BCUT2D eigenvalue weighted by molar-refractivity contribution is -0.183. The number of aliphatic hydroxyl groups is 2. The maximum absolute atomic E-state index is 10.1. The van der Waals surface area contributed by atoms with Crippen LogP contribution in [-0.4, -0.2) is 84.2 Å². The minimum Gasteiger partial charge on any atom is -0.387 e. The molecule has 0 saturated carbocycles. The van der Waals surface area contributed by atoms with E-state index in [0.717, 1.165) is 6.29 Å². The Hall–Kier alpha value is -0.650. The molecule has 0 aromatic heterocycles. The van der Waals surface area contributed by atoms with Crippen LogP contribution in [0.2, 0.25) is 0 Å². The zero-order valence-electron chi connectivity index (χ0n) is 16.8. The van der Waals surface area contributed by atoms with E-state index in [0.29, 0.717) is 6.61 Å². The molecular formula is C19H36O9. The molecule has 3 saturated heterocycles. The number of ether oxygens (including phenoxy) is 6. The van der Waals surface area contributed by atoms with Gasteiger partial charge in [-0.2, -0.15) is 0 Å². The third kappa shape index (κ3) is 7.00. The molecular weight excluding hydrogens is 372 g/mol. The molecule has 3 aliphatic rings. The number of hydrogen-bond donors (Lipinski definition) is 2. The Labute approximate surface area is 167 Å². The van der Waals surface area contributed by atoms with Gasteiger partial charge in [-0.25, -0.2) is 0 Å². The summed E-state index contributed by atoms with van der Waals surface area (Å²) in [6.45, 7) is 11.5. The highest BCUT2D eigenvalue weighted by Gasteiger charge is 2.45. The van der Waals surface area contributed by atoms with Gasteiger partial charge in [-0.3, -0.25) is 0 Å². The number of carbonyl (C=O) groups is 1. The summed E-state index contributed by atoms with van der Waals surface area (Å²) in [5.74, 6) is -2.01. The molecule has 0 aromatic rings. The summed E-state index contributed by atoms with van der Waals surface area (Å²) >= 11 is 0. The summed E-state index contributed by atoms with van der Waals surface area (Å²) in [4.78, 5) is 10.1. The third-order valence-electron chi connectivity index (χ3n) is 4.35. The van der Waals surface area contributed by atoms with Crippen LogP contribution in [0.5, 0.6) is 0 Å². The number of aldehydes is 1. The molecule has 3 heterocycles. The van der Waals surface area contributed by atoms with Gasteiger partial charge in [0.2, 0.25) is 0 Å². The predicted molar refractivity (Wildman–Crippen MR) is 99.5 cm³/mol. The second-order valence-electron chi connectivity index (χ2n) is 8.22. The van der Waals surface area contributed by atoms with Crippen LogP contribution in [-0.2, 0) is 33.2 Å². The molecule has 5 atom stereocenters. The topological polar surface area (TPSA) is 113 Å².